The molecule has 0 heterocycles. The summed E-state index contributed by atoms with van der Waals surface area (Å²) in [7, 11) is 0. The second kappa shape index (κ2) is 9.88. The van der Waals surface area contributed by atoms with Gasteiger partial charge in [0, 0.05) is 22.7 Å². The van der Waals surface area contributed by atoms with Crippen LogP contribution in [0.15, 0.2) is 46.9 Å². The molecule has 0 fully saturated rings. The van der Waals surface area contributed by atoms with Gasteiger partial charge in [0.15, 0.2) is 0 Å². The van der Waals surface area contributed by atoms with E-state index >= 15 is 0 Å². The van der Waals surface area contributed by atoms with Gasteiger partial charge in [0.1, 0.15) is 12.4 Å². The molecule has 0 aromatic heterocycles. The zero-order valence-corrected chi connectivity index (χ0v) is 17.4. The largest absolute Gasteiger partial charge is 0.330 e. The average molecular weight is 474 g/mol. The predicted octanol–water partition coefficient (Wildman–Crippen LogP) is 5.40. The van der Waals surface area contributed by atoms with Crippen LogP contribution < -0.4 is 5.32 Å². The first-order valence-corrected chi connectivity index (χ1v) is 9.52. The zero-order chi connectivity index (χ0) is 20.0. The maximum atomic E-state index is 13.7. The summed E-state index contributed by atoms with van der Waals surface area (Å²) in [6, 6.07) is 9.28. The number of benzene rings is 2. The zero-order valence-electron chi connectivity index (χ0n) is 14.3. The van der Waals surface area contributed by atoms with Crippen LogP contribution in [0, 0.1) is 5.82 Å². The van der Waals surface area contributed by atoms with Crippen LogP contribution in [0.5, 0.6) is 0 Å². The summed E-state index contributed by atoms with van der Waals surface area (Å²) in [5.41, 5.74) is 0.558. The smallest absolute Gasteiger partial charge is 0.247 e. The molecule has 2 amide bonds. The molecule has 0 aliphatic heterocycles. The summed E-state index contributed by atoms with van der Waals surface area (Å²) < 4.78 is 14.4. The van der Waals surface area contributed by atoms with Crippen molar-refractivity contribution in [1.29, 1.82) is 0 Å². The molecule has 142 valence electrons. The molecule has 2 aromatic rings. The Balaban J connectivity index is 2.05. The molecule has 8 heteroatoms. The molecule has 0 saturated carbocycles. The topological polar surface area (TPSA) is 49.4 Å². The molecule has 0 bridgehead atoms. The molecule has 4 nitrogen and oxygen atoms in total. The van der Waals surface area contributed by atoms with Crippen molar-refractivity contribution in [1.82, 2.24) is 4.90 Å². The van der Waals surface area contributed by atoms with Crippen molar-refractivity contribution in [3.05, 3.63) is 68.4 Å². The maximum absolute atomic E-state index is 13.7. The Labute approximate surface area is 175 Å². The van der Waals surface area contributed by atoms with Crippen LogP contribution >= 0.6 is 39.1 Å². The fourth-order valence-electron chi connectivity index (χ4n) is 2.22. The number of hydrogen-bond donors (Lipinski definition) is 1. The first-order valence-electron chi connectivity index (χ1n) is 7.97. The van der Waals surface area contributed by atoms with Crippen molar-refractivity contribution in [3.63, 3.8) is 0 Å². The van der Waals surface area contributed by atoms with E-state index in [-0.39, 0.29) is 12.1 Å². The van der Waals surface area contributed by atoms with Crippen molar-refractivity contribution in [2.75, 3.05) is 18.4 Å². The minimum absolute atomic E-state index is 0.192. The number of para-hydroxylation sites is 1. The van der Waals surface area contributed by atoms with E-state index < -0.39 is 17.6 Å². The number of nitrogens with zero attached hydrogens (tertiary/aromatic N) is 1. The SMILES string of the molecule is CCN(CC(=O)Nc1c(Cl)cccc1Cl)C(=O)/C=C/c1cc(Br)ccc1F. The number of nitrogens with one attached hydrogen (secondary N) is 1. The normalized spacial score (nSPS) is 10.9. The molecule has 2 rings (SSSR count). The summed E-state index contributed by atoms with van der Waals surface area (Å²) in [4.78, 5) is 25.9. The first kappa shape index (κ1) is 21.4. The molecule has 27 heavy (non-hydrogen) atoms. The highest BCUT2D eigenvalue weighted by atomic mass is 79.9. The molecule has 0 aliphatic carbocycles. The number of rotatable bonds is 6. The highest BCUT2D eigenvalue weighted by molar-refractivity contribution is 9.10. The van der Waals surface area contributed by atoms with E-state index in [2.05, 4.69) is 21.2 Å². The van der Waals surface area contributed by atoms with Gasteiger partial charge in [-0.2, -0.15) is 0 Å². The molecule has 0 spiro atoms. The van der Waals surface area contributed by atoms with E-state index in [0.29, 0.717) is 26.8 Å². The van der Waals surface area contributed by atoms with Gasteiger partial charge in [-0.15, -0.1) is 0 Å². The van der Waals surface area contributed by atoms with Gasteiger partial charge in [-0.05, 0) is 43.3 Å². The number of carbonyl (C=O) groups excluding carboxylic acids is 2. The van der Waals surface area contributed by atoms with Crippen LogP contribution in [0.3, 0.4) is 0 Å². The minimum atomic E-state index is -0.448. The number of amides is 2. The Kier molecular flexibility index (Phi) is 7.83. The first-order chi connectivity index (χ1) is 12.8. The van der Waals surface area contributed by atoms with E-state index in [1.165, 1.54) is 23.1 Å². The quantitative estimate of drug-likeness (QED) is 0.571. The fourth-order valence-corrected chi connectivity index (χ4v) is 3.09. The van der Waals surface area contributed by atoms with Crippen molar-refractivity contribution in [2.24, 2.45) is 0 Å². The van der Waals surface area contributed by atoms with Crippen LogP contribution in [0.25, 0.3) is 6.08 Å². The molecule has 0 saturated heterocycles. The van der Waals surface area contributed by atoms with E-state index in [9.17, 15) is 14.0 Å². The number of hydrogen-bond acceptors (Lipinski definition) is 2. The highest BCUT2D eigenvalue weighted by Gasteiger charge is 2.16. The van der Waals surface area contributed by atoms with E-state index in [1.54, 1.807) is 37.3 Å². The lowest BCUT2D eigenvalue weighted by atomic mass is 10.2. The number of likely N-dealkylation sites (N-methyl/N-ethyl adjacent to an activating group) is 1. The lowest BCUT2D eigenvalue weighted by molar-refractivity contribution is -0.130. The molecule has 1 N–H and O–H groups in total. The van der Waals surface area contributed by atoms with Crippen molar-refractivity contribution >= 4 is 62.7 Å². The van der Waals surface area contributed by atoms with Gasteiger partial charge in [0.05, 0.1) is 15.7 Å². The second-order valence-electron chi connectivity index (χ2n) is 5.50. The number of carbonyl (C=O) groups is 2. The van der Waals surface area contributed by atoms with Crippen molar-refractivity contribution < 1.29 is 14.0 Å². The molecular formula is C19H16BrCl2FN2O2. The number of halogens is 4. The Hall–Kier alpha value is -1.89. The van der Waals surface area contributed by atoms with E-state index in [1.807, 2.05) is 0 Å². The van der Waals surface area contributed by atoms with E-state index in [4.69, 9.17) is 23.2 Å². The van der Waals surface area contributed by atoms with Gasteiger partial charge in [0.25, 0.3) is 0 Å². The third-order valence-corrected chi connectivity index (χ3v) is 4.74. The predicted molar refractivity (Wildman–Crippen MR) is 110 cm³/mol. The summed E-state index contributed by atoms with van der Waals surface area (Å²) in [6.45, 7) is 1.84. The van der Waals surface area contributed by atoms with Crippen molar-refractivity contribution in [2.45, 2.75) is 6.92 Å². The third-order valence-electron chi connectivity index (χ3n) is 3.62. The minimum Gasteiger partial charge on any atom is -0.330 e. The Bertz CT molecular complexity index is 870. The van der Waals surface area contributed by atoms with E-state index in [0.717, 1.165) is 0 Å². The van der Waals surface area contributed by atoms with Crippen LogP contribution in [-0.2, 0) is 9.59 Å². The Morgan fingerprint density at radius 1 is 1.22 bits per heavy atom. The monoisotopic (exact) mass is 472 g/mol. The van der Waals surface area contributed by atoms with Gasteiger partial charge in [-0.1, -0.05) is 45.2 Å². The van der Waals surface area contributed by atoms with Gasteiger partial charge >= 0.3 is 0 Å². The van der Waals surface area contributed by atoms with Crippen molar-refractivity contribution in [3.8, 4) is 0 Å². The molecule has 0 aliphatic rings. The molecule has 2 aromatic carbocycles. The average Bonchev–Trinajstić information content (AvgIpc) is 2.63. The molecule has 0 unspecified atom stereocenters. The number of anilines is 1. The summed E-state index contributed by atoms with van der Waals surface area (Å²) in [5.74, 6) is -1.31. The fraction of sp³-hybridized carbons (Fsp3) is 0.158. The summed E-state index contributed by atoms with van der Waals surface area (Å²) in [5, 5.41) is 3.20. The lowest BCUT2D eigenvalue weighted by Crippen LogP contribution is -2.37. The van der Waals surface area contributed by atoms with Gasteiger partial charge in [0.2, 0.25) is 11.8 Å². The molecule has 0 atom stereocenters. The highest BCUT2D eigenvalue weighted by Crippen LogP contribution is 2.29. The molecular weight excluding hydrogens is 458 g/mol. The summed E-state index contributed by atoms with van der Waals surface area (Å²) in [6.07, 6.45) is 2.60. The van der Waals surface area contributed by atoms with Gasteiger partial charge in [-0.25, -0.2) is 4.39 Å². The van der Waals surface area contributed by atoms with Crippen LogP contribution in [0.1, 0.15) is 12.5 Å². The second-order valence-corrected chi connectivity index (χ2v) is 7.23. The maximum Gasteiger partial charge on any atom is 0.247 e. The van der Waals surface area contributed by atoms with Crippen LogP contribution in [-0.4, -0.2) is 29.8 Å². The Morgan fingerprint density at radius 2 is 1.89 bits per heavy atom. The van der Waals surface area contributed by atoms with Gasteiger partial charge < -0.3 is 10.2 Å². The summed E-state index contributed by atoms with van der Waals surface area (Å²) >= 11 is 15.3. The van der Waals surface area contributed by atoms with Crippen LogP contribution in [0.4, 0.5) is 10.1 Å². The standard InChI is InChI=1S/C19H16BrCl2FN2O2/c1-2-25(11-17(26)24-19-14(21)4-3-5-15(19)22)18(27)9-6-12-10-13(20)7-8-16(12)23/h3-10H,2,11H2,1H3,(H,24,26)/b9-6+. The van der Waals surface area contributed by atoms with Gasteiger partial charge in [-0.3, -0.25) is 9.59 Å². The van der Waals surface area contributed by atoms with Crippen LogP contribution in [0.2, 0.25) is 10.0 Å². The third kappa shape index (κ3) is 6.06. The lowest BCUT2D eigenvalue weighted by Gasteiger charge is -2.19. The molecule has 0 radical (unpaired) electrons. The Morgan fingerprint density at radius 3 is 2.52 bits per heavy atom.